The molecule has 1 N–H and O–H groups in total. The topological polar surface area (TPSA) is 61.6 Å². The third kappa shape index (κ3) is 3.45. The number of rotatable bonds is 4. The van der Waals surface area contributed by atoms with Gasteiger partial charge in [0.1, 0.15) is 17.6 Å². The van der Waals surface area contributed by atoms with Crippen LogP contribution in [0.2, 0.25) is 0 Å². The van der Waals surface area contributed by atoms with Crippen molar-refractivity contribution in [1.82, 2.24) is 9.97 Å². The van der Waals surface area contributed by atoms with E-state index < -0.39 is 11.9 Å². The molecule has 0 amide bonds. The molecule has 2 aromatic heterocycles. The van der Waals surface area contributed by atoms with Crippen molar-refractivity contribution >= 4 is 17.2 Å². The van der Waals surface area contributed by atoms with Crippen molar-refractivity contribution in [3.63, 3.8) is 0 Å². The quantitative estimate of drug-likeness (QED) is 0.942. The lowest BCUT2D eigenvalue weighted by Crippen LogP contribution is -2.13. The van der Waals surface area contributed by atoms with Gasteiger partial charge in [0, 0.05) is 24.5 Å². The zero-order chi connectivity index (χ0) is 14.6. The standard InChI is InChI=1S/C12H9F3N4S/c13-12(14,15)9-2-1-8(7-16)11(19-9)18-4-3-10-17-5-6-20-10/h1-2,5-6H,3-4H2,(H,18,19). The van der Waals surface area contributed by atoms with Crippen molar-refractivity contribution < 1.29 is 13.2 Å². The molecule has 0 saturated carbocycles. The highest BCUT2D eigenvalue weighted by Crippen LogP contribution is 2.29. The maximum Gasteiger partial charge on any atom is 0.433 e. The largest absolute Gasteiger partial charge is 0.433 e. The molecule has 0 fully saturated rings. The monoisotopic (exact) mass is 298 g/mol. The lowest BCUT2D eigenvalue weighted by atomic mass is 10.2. The van der Waals surface area contributed by atoms with E-state index in [4.69, 9.17) is 5.26 Å². The SMILES string of the molecule is N#Cc1ccc(C(F)(F)F)nc1NCCc1nccs1. The molecule has 2 aromatic rings. The fourth-order valence-electron chi connectivity index (χ4n) is 1.51. The summed E-state index contributed by atoms with van der Waals surface area (Å²) in [6.07, 6.45) is -2.32. The minimum Gasteiger partial charge on any atom is -0.369 e. The first kappa shape index (κ1) is 14.3. The molecule has 0 saturated heterocycles. The Morgan fingerprint density at radius 1 is 1.35 bits per heavy atom. The highest BCUT2D eigenvalue weighted by atomic mass is 32.1. The van der Waals surface area contributed by atoms with Crippen molar-refractivity contribution in [2.75, 3.05) is 11.9 Å². The van der Waals surface area contributed by atoms with Crippen LogP contribution in [0, 0.1) is 11.3 Å². The predicted octanol–water partition coefficient (Wildman–Crippen LogP) is 3.08. The molecule has 8 heteroatoms. The Hall–Kier alpha value is -2.14. The van der Waals surface area contributed by atoms with Crippen LogP contribution in [0.3, 0.4) is 0 Å². The number of halogens is 3. The van der Waals surface area contributed by atoms with Gasteiger partial charge in [-0.15, -0.1) is 11.3 Å². The van der Waals surface area contributed by atoms with E-state index in [0.29, 0.717) is 13.0 Å². The molecule has 0 radical (unpaired) electrons. The lowest BCUT2D eigenvalue weighted by Gasteiger charge is -2.10. The van der Waals surface area contributed by atoms with Crippen LogP contribution in [-0.2, 0) is 12.6 Å². The summed E-state index contributed by atoms with van der Waals surface area (Å²) >= 11 is 1.46. The van der Waals surface area contributed by atoms with Crippen LogP contribution in [0.1, 0.15) is 16.3 Å². The molecule has 20 heavy (non-hydrogen) atoms. The van der Waals surface area contributed by atoms with Gasteiger partial charge in [-0.05, 0) is 12.1 Å². The van der Waals surface area contributed by atoms with Gasteiger partial charge in [-0.2, -0.15) is 18.4 Å². The van der Waals surface area contributed by atoms with Crippen LogP contribution in [0.4, 0.5) is 19.0 Å². The van der Waals surface area contributed by atoms with Crippen LogP contribution in [-0.4, -0.2) is 16.5 Å². The number of nitriles is 1. The van der Waals surface area contributed by atoms with Crippen LogP contribution in [0.15, 0.2) is 23.7 Å². The van der Waals surface area contributed by atoms with Crippen molar-refractivity contribution in [1.29, 1.82) is 5.26 Å². The smallest absolute Gasteiger partial charge is 0.369 e. The van der Waals surface area contributed by atoms with Crippen molar-refractivity contribution in [2.45, 2.75) is 12.6 Å². The third-order valence-electron chi connectivity index (χ3n) is 2.42. The normalized spacial score (nSPS) is 11.1. The molecule has 2 heterocycles. The first-order valence-corrected chi connectivity index (χ1v) is 6.49. The summed E-state index contributed by atoms with van der Waals surface area (Å²) in [5, 5.41) is 14.3. The summed E-state index contributed by atoms with van der Waals surface area (Å²) in [4.78, 5) is 7.52. The number of hydrogen-bond donors (Lipinski definition) is 1. The summed E-state index contributed by atoms with van der Waals surface area (Å²) in [5.74, 6) is -0.0566. The average molecular weight is 298 g/mol. The number of hydrogen-bond acceptors (Lipinski definition) is 5. The van der Waals surface area contributed by atoms with E-state index in [1.807, 2.05) is 11.4 Å². The summed E-state index contributed by atoms with van der Waals surface area (Å²) in [5.41, 5.74) is -0.939. The molecule has 104 valence electrons. The number of nitrogens with zero attached hydrogens (tertiary/aromatic N) is 3. The Balaban J connectivity index is 2.11. The first-order chi connectivity index (χ1) is 9.50. The third-order valence-corrected chi connectivity index (χ3v) is 3.26. The van der Waals surface area contributed by atoms with Crippen LogP contribution < -0.4 is 5.32 Å². The molecule has 0 aromatic carbocycles. The molecule has 0 atom stereocenters. The van der Waals surface area contributed by atoms with E-state index in [1.54, 1.807) is 6.20 Å². The molecule has 0 aliphatic carbocycles. The molecule has 2 rings (SSSR count). The maximum atomic E-state index is 12.6. The highest BCUT2D eigenvalue weighted by molar-refractivity contribution is 7.09. The molecule has 0 spiro atoms. The fraction of sp³-hybridized carbons (Fsp3) is 0.250. The van der Waals surface area contributed by atoms with Gasteiger partial charge >= 0.3 is 6.18 Å². The average Bonchev–Trinajstić information content (AvgIpc) is 2.90. The van der Waals surface area contributed by atoms with Crippen LogP contribution in [0.5, 0.6) is 0 Å². The lowest BCUT2D eigenvalue weighted by molar-refractivity contribution is -0.141. The summed E-state index contributed by atoms with van der Waals surface area (Å²) in [7, 11) is 0. The minimum absolute atomic E-state index is 0.0566. The van der Waals surface area contributed by atoms with Gasteiger partial charge in [-0.3, -0.25) is 0 Å². The Labute approximate surface area is 116 Å². The maximum absolute atomic E-state index is 12.6. The second-order valence-corrected chi connectivity index (χ2v) is 4.78. The minimum atomic E-state index is -4.53. The van der Waals surface area contributed by atoms with Crippen molar-refractivity contribution in [2.24, 2.45) is 0 Å². The number of aromatic nitrogens is 2. The van der Waals surface area contributed by atoms with E-state index in [1.165, 1.54) is 11.3 Å². The molecule has 0 bridgehead atoms. The molecular weight excluding hydrogens is 289 g/mol. The van der Waals surface area contributed by atoms with Gasteiger partial charge in [0.2, 0.25) is 0 Å². The Kier molecular flexibility index (Phi) is 4.20. The highest BCUT2D eigenvalue weighted by Gasteiger charge is 2.33. The Bertz CT molecular complexity index is 617. The molecule has 4 nitrogen and oxygen atoms in total. The van der Waals surface area contributed by atoms with E-state index in [0.717, 1.165) is 17.1 Å². The zero-order valence-electron chi connectivity index (χ0n) is 10.1. The summed E-state index contributed by atoms with van der Waals surface area (Å²) < 4.78 is 37.7. The van der Waals surface area contributed by atoms with Crippen molar-refractivity contribution in [3.8, 4) is 6.07 Å². The molecule has 0 aliphatic rings. The number of nitrogens with one attached hydrogen (secondary N) is 1. The van der Waals surface area contributed by atoms with Gasteiger partial charge in [0.15, 0.2) is 0 Å². The van der Waals surface area contributed by atoms with Crippen molar-refractivity contribution in [3.05, 3.63) is 40.0 Å². The molecular formula is C12H9F3N4S. The Morgan fingerprint density at radius 3 is 2.75 bits per heavy atom. The molecule has 0 aliphatic heterocycles. The number of thiazole rings is 1. The van der Waals surface area contributed by atoms with Gasteiger partial charge in [0.05, 0.1) is 10.6 Å². The fourth-order valence-corrected chi connectivity index (χ4v) is 2.13. The van der Waals surface area contributed by atoms with Gasteiger partial charge in [0.25, 0.3) is 0 Å². The number of pyridine rings is 1. The van der Waals surface area contributed by atoms with E-state index in [9.17, 15) is 13.2 Å². The van der Waals surface area contributed by atoms with Gasteiger partial charge < -0.3 is 5.32 Å². The van der Waals surface area contributed by atoms with E-state index in [2.05, 4.69) is 15.3 Å². The van der Waals surface area contributed by atoms with Gasteiger partial charge in [-0.25, -0.2) is 9.97 Å². The summed E-state index contributed by atoms with van der Waals surface area (Å²) in [6.45, 7) is 0.358. The Morgan fingerprint density at radius 2 is 2.15 bits per heavy atom. The zero-order valence-corrected chi connectivity index (χ0v) is 10.9. The number of alkyl halides is 3. The molecule has 0 unspecified atom stereocenters. The second kappa shape index (κ2) is 5.88. The second-order valence-electron chi connectivity index (χ2n) is 3.80. The van der Waals surface area contributed by atoms with Crippen LogP contribution in [0.25, 0.3) is 0 Å². The predicted molar refractivity (Wildman–Crippen MR) is 68.3 cm³/mol. The first-order valence-electron chi connectivity index (χ1n) is 5.61. The summed E-state index contributed by atoms with van der Waals surface area (Å²) in [6, 6.07) is 3.72. The van der Waals surface area contributed by atoms with Crippen LogP contribution >= 0.6 is 11.3 Å². The van der Waals surface area contributed by atoms with Gasteiger partial charge in [-0.1, -0.05) is 0 Å². The van der Waals surface area contributed by atoms with E-state index in [-0.39, 0.29) is 11.4 Å². The number of anilines is 1. The van der Waals surface area contributed by atoms with E-state index >= 15 is 0 Å².